The number of aromatic nitrogens is 3. The summed E-state index contributed by atoms with van der Waals surface area (Å²) in [6.45, 7) is 2.97. The second-order valence-corrected chi connectivity index (χ2v) is 7.73. The van der Waals surface area contributed by atoms with Crippen LogP contribution in [0.2, 0.25) is 0 Å². The largest absolute Gasteiger partial charge is 0.362 e. The molecule has 1 saturated heterocycles. The van der Waals surface area contributed by atoms with Crippen LogP contribution in [-0.4, -0.2) is 50.5 Å². The molecule has 0 saturated carbocycles. The van der Waals surface area contributed by atoms with Crippen molar-refractivity contribution in [2.24, 2.45) is 0 Å². The SMILES string of the molecule is C[C@H](C(=O)N1CCC2(CC1)NC(=O)c1ccccc1N2)n1nnc2ccccc21. The molecule has 0 bridgehead atoms. The predicted octanol–water partition coefficient (Wildman–Crippen LogP) is 2.17. The van der Waals surface area contributed by atoms with E-state index < -0.39 is 11.7 Å². The third-order valence-corrected chi connectivity index (χ3v) is 5.93. The van der Waals surface area contributed by atoms with Gasteiger partial charge >= 0.3 is 0 Å². The Bertz CT molecular complexity index is 1100. The van der Waals surface area contributed by atoms with Crippen LogP contribution in [0.1, 0.15) is 36.2 Å². The smallest absolute Gasteiger partial charge is 0.255 e. The van der Waals surface area contributed by atoms with Gasteiger partial charge in [-0.25, -0.2) is 4.68 Å². The van der Waals surface area contributed by atoms with Crippen LogP contribution in [-0.2, 0) is 4.79 Å². The molecule has 5 rings (SSSR count). The fourth-order valence-electron chi connectivity index (χ4n) is 4.26. The molecule has 148 valence electrons. The number of benzene rings is 2. The predicted molar refractivity (Wildman–Crippen MR) is 108 cm³/mol. The van der Waals surface area contributed by atoms with E-state index in [0.29, 0.717) is 31.5 Å². The molecule has 8 nitrogen and oxygen atoms in total. The van der Waals surface area contributed by atoms with Crippen molar-refractivity contribution >= 4 is 28.5 Å². The summed E-state index contributed by atoms with van der Waals surface area (Å²) in [5, 5.41) is 14.9. The number of nitrogens with zero attached hydrogens (tertiary/aromatic N) is 4. The molecule has 3 aromatic rings. The van der Waals surface area contributed by atoms with Gasteiger partial charge in [-0.1, -0.05) is 29.5 Å². The first-order valence-electron chi connectivity index (χ1n) is 9.85. The zero-order valence-electron chi connectivity index (χ0n) is 16.1. The minimum Gasteiger partial charge on any atom is -0.362 e. The number of hydrogen-bond donors (Lipinski definition) is 2. The van der Waals surface area contributed by atoms with E-state index in [4.69, 9.17) is 0 Å². The van der Waals surface area contributed by atoms with Crippen molar-refractivity contribution in [1.82, 2.24) is 25.2 Å². The van der Waals surface area contributed by atoms with Gasteiger partial charge in [0.25, 0.3) is 5.91 Å². The van der Waals surface area contributed by atoms with Crippen LogP contribution in [0, 0.1) is 0 Å². The van der Waals surface area contributed by atoms with Gasteiger partial charge in [-0.15, -0.1) is 5.10 Å². The normalized spacial score (nSPS) is 18.8. The van der Waals surface area contributed by atoms with E-state index in [-0.39, 0.29) is 11.8 Å². The van der Waals surface area contributed by atoms with Crippen LogP contribution in [0.4, 0.5) is 5.69 Å². The summed E-state index contributed by atoms with van der Waals surface area (Å²) < 4.78 is 1.68. The van der Waals surface area contributed by atoms with Gasteiger partial charge in [-0.3, -0.25) is 9.59 Å². The summed E-state index contributed by atoms with van der Waals surface area (Å²) in [7, 11) is 0. The maximum absolute atomic E-state index is 13.1. The van der Waals surface area contributed by atoms with E-state index in [1.165, 1.54) is 0 Å². The Labute approximate surface area is 167 Å². The number of anilines is 1. The summed E-state index contributed by atoms with van der Waals surface area (Å²) in [5.41, 5.74) is 2.62. The van der Waals surface area contributed by atoms with E-state index in [2.05, 4.69) is 20.9 Å². The summed E-state index contributed by atoms with van der Waals surface area (Å²) >= 11 is 0. The van der Waals surface area contributed by atoms with Crippen LogP contribution >= 0.6 is 0 Å². The van der Waals surface area contributed by atoms with Crippen LogP contribution in [0.3, 0.4) is 0 Å². The maximum atomic E-state index is 13.1. The molecule has 2 aromatic carbocycles. The number of piperidine rings is 1. The first-order valence-corrected chi connectivity index (χ1v) is 9.85. The zero-order valence-corrected chi connectivity index (χ0v) is 16.1. The molecular formula is C21H22N6O2. The Hall–Kier alpha value is -3.42. The van der Waals surface area contributed by atoms with Crippen molar-refractivity contribution < 1.29 is 9.59 Å². The van der Waals surface area contributed by atoms with Gasteiger partial charge in [0.15, 0.2) is 0 Å². The van der Waals surface area contributed by atoms with Crippen molar-refractivity contribution in [3.05, 3.63) is 54.1 Å². The molecule has 0 radical (unpaired) electrons. The van der Waals surface area contributed by atoms with Crippen molar-refractivity contribution in [3.8, 4) is 0 Å². The molecule has 8 heteroatoms. The maximum Gasteiger partial charge on any atom is 0.255 e. The molecule has 1 aromatic heterocycles. The molecule has 2 N–H and O–H groups in total. The van der Waals surface area contributed by atoms with Crippen LogP contribution in [0.25, 0.3) is 11.0 Å². The fraction of sp³-hybridized carbons (Fsp3) is 0.333. The standard InChI is InChI=1S/C21H22N6O2/c1-14(27-18-9-5-4-8-17(18)24-25-27)20(29)26-12-10-21(11-13-26)22-16-7-3-2-6-15(16)19(28)23-21/h2-9,14,22H,10-13H2,1H3,(H,23,28)/t14-/m1/s1. The first-order chi connectivity index (χ1) is 14.1. The Morgan fingerprint density at radius 3 is 2.62 bits per heavy atom. The van der Waals surface area contributed by atoms with Gasteiger partial charge in [0.1, 0.15) is 17.2 Å². The molecule has 3 heterocycles. The average molecular weight is 390 g/mol. The molecule has 29 heavy (non-hydrogen) atoms. The highest BCUT2D eigenvalue weighted by Crippen LogP contribution is 2.32. The number of amides is 2. The molecule has 0 aliphatic carbocycles. The highest BCUT2D eigenvalue weighted by molar-refractivity contribution is 6.02. The molecule has 1 fully saturated rings. The number of carbonyl (C=O) groups excluding carboxylic acids is 2. The molecule has 1 spiro atoms. The van der Waals surface area contributed by atoms with Gasteiger partial charge in [0, 0.05) is 31.6 Å². The fourth-order valence-corrected chi connectivity index (χ4v) is 4.26. The number of fused-ring (bicyclic) bond motifs is 2. The lowest BCUT2D eigenvalue weighted by Gasteiger charge is -2.46. The summed E-state index contributed by atoms with van der Waals surface area (Å²) in [4.78, 5) is 27.5. The molecule has 2 aliphatic heterocycles. The third-order valence-electron chi connectivity index (χ3n) is 5.93. The topological polar surface area (TPSA) is 92.2 Å². The average Bonchev–Trinajstić information content (AvgIpc) is 3.17. The summed E-state index contributed by atoms with van der Waals surface area (Å²) in [6, 6.07) is 14.7. The van der Waals surface area contributed by atoms with Crippen LogP contribution < -0.4 is 10.6 Å². The van der Waals surface area contributed by atoms with E-state index >= 15 is 0 Å². The number of likely N-dealkylation sites (tertiary alicyclic amines) is 1. The molecule has 1 atom stereocenters. The Balaban J connectivity index is 1.31. The number of carbonyl (C=O) groups is 2. The zero-order chi connectivity index (χ0) is 20.0. The van der Waals surface area contributed by atoms with E-state index in [1.807, 2.05) is 60.4 Å². The van der Waals surface area contributed by atoms with Crippen molar-refractivity contribution in [2.45, 2.75) is 31.5 Å². The molecule has 0 unspecified atom stereocenters. The summed E-state index contributed by atoms with van der Waals surface area (Å²) in [6.07, 6.45) is 1.28. The van der Waals surface area contributed by atoms with E-state index in [0.717, 1.165) is 16.7 Å². The van der Waals surface area contributed by atoms with E-state index in [1.54, 1.807) is 4.68 Å². The van der Waals surface area contributed by atoms with Crippen molar-refractivity contribution in [2.75, 3.05) is 18.4 Å². The van der Waals surface area contributed by atoms with Gasteiger partial charge in [-0.05, 0) is 31.2 Å². The third kappa shape index (κ3) is 2.91. The van der Waals surface area contributed by atoms with Gasteiger partial charge < -0.3 is 15.5 Å². The van der Waals surface area contributed by atoms with Gasteiger partial charge in [0.05, 0.1) is 11.1 Å². The highest BCUT2D eigenvalue weighted by Gasteiger charge is 2.41. The highest BCUT2D eigenvalue weighted by atomic mass is 16.2. The lowest BCUT2D eigenvalue weighted by molar-refractivity contribution is -0.136. The number of hydrogen-bond acceptors (Lipinski definition) is 5. The van der Waals surface area contributed by atoms with Crippen LogP contribution in [0.5, 0.6) is 0 Å². The van der Waals surface area contributed by atoms with E-state index in [9.17, 15) is 9.59 Å². The Morgan fingerprint density at radius 2 is 1.79 bits per heavy atom. The minimum atomic E-state index is -0.509. The quantitative estimate of drug-likeness (QED) is 0.700. The number of rotatable bonds is 2. The number of nitrogens with one attached hydrogen (secondary N) is 2. The Morgan fingerprint density at radius 1 is 1.07 bits per heavy atom. The van der Waals surface area contributed by atoms with Crippen molar-refractivity contribution in [3.63, 3.8) is 0 Å². The number of para-hydroxylation sites is 2. The van der Waals surface area contributed by atoms with Crippen molar-refractivity contribution in [1.29, 1.82) is 0 Å². The lowest BCUT2D eigenvalue weighted by Crippen LogP contribution is -2.63. The second-order valence-electron chi connectivity index (χ2n) is 7.73. The summed E-state index contributed by atoms with van der Waals surface area (Å²) in [5.74, 6) is -0.0559. The monoisotopic (exact) mass is 390 g/mol. The molecule has 2 amide bonds. The molecular weight excluding hydrogens is 368 g/mol. The minimum absolute atomic E-state index is 0.0121. The van der Waals surface area contributed by atoms with Crippen LogP contribution in [0.15, 0.2) is 48.5 Å². The van der Waals surface area contributed by atoms with Gasteiger partial charge in [0.2, 0.25) is 5.91 Å². The lowest BCUT2D eigenvalue weighted by atomic mass is 9.92. The van der Waals surface area contributed by atoms with Gasteiger partial charge in [-0.2, -0.15) is 0 Å². The Kier molecular flexibility index (Phi) is 4.01. The molecule has 2 aliphatic rings. The second kappa shape index (κ2) is 6.58. The first kappa shape index (κ1) is 17.7.